The molecule has 1 aromatic carbocycles. The van der Waals surface area contributed by atoms with E-state index in [-0.39, 0.29) is 12.5 Å². The molecule has 0 aliphatic rings. The second-order valence-electron chi connectivity index (χ2n) is 7.33. The third kappa shape index (κ3) is 7.86. The number of carboxylic acid groups (broad SMARTS) is 1. The van der Waals surface area contributed by atoms with Crippen LogP contribution >= 0.6 is 11.8 Å². The number of amides is 1. The summed E-state index contributed by atoms with van der Waals surface area (Å²) in [6, 6.07) is 7.54. The van der Waals surface area contributed by atoms with Gasteiger partial charge < -0.3 is 15.0 Å². The number of benzene rings is 1. The number of imidazole rings is 1. The maximum absolute atomic E-state index is 12.4. The van der Waals surface area contributed by atoms with E-state index >= 15 is 0 Å². The lowest BCUT2D eigenvalue weighted by atomic mass is 10.1. The molecule has 0 radical (unpaired) electrons. The van der Waals surface area contributed by atoms with Crippen molar-refractivity contribution in [1.82, 2.24) is 14.9 Å². The number of aliphatic carboxylic acids is 1. The van der Waals surface area contributed by atoms with Gasteiger partial charge in [-0.2, -0.15) is 0 Å². The van der Waals surface area contributed by atoms with Crippen LogP contribution in [-0.4, -0.2) is 32.3 Å². The summed E-state index contributed by atoms with van der Waals surface area (Å²) in [6.07, 6.45) is 9.54. The zero-order valence-corrected chi connectivity index (χ0v) is 18.8. The van der Waals surface area contributed by atoms with Gasteiger partial charge in [0.05, 0.1) is 16.1 Å². The van der Waals surface area contributed by atoms with E-state index in [1.54, 1.807) is 16.3 Å². The van der Waals surface area contributed by atoms with Gasteiger partial charge in [-0.25, -0.2) is 4.98 Å². The van der Waals surface area contributed by atoms with E-state index < -0.39 is 5.97 Å². The Morgan fingerprint density at radius 3 is 2.63 bits per heavy atom. The summed E-state index contributed by atoms with van der Waals surface area (Å²) in [5, 5.41) is 13.2. The lowest BCUT2D eigenvalue weighted by Crippen LogP contribution is -2.21. The fourth-order valence-corrected chi connectivity index (χ4v) is 4.04. The van der Waals surface area contributed by atoms with E-state index in [4.69, 9.17) is 0 Å². The first kappa shape index (κ1) is 24.0. The number of nitrogens with zero attached hydrogens (tertiary/aromatic N) is 2. The second-order valence-corrected chi connectivity index (χ2v) is 8.47. The van der Waals surface area contributed by atoms with Crippen molar-refractivity contribution >= 4 is 34.7 Å². The summed E-state index contributed by atoms with van der Waals surface area (Å²) in [5.41, 5.74) is 1.59. The molecule has 0 saturated carbocycles. The molecule has 2 aromatic rings. The quantitative estimate of drug-likeness (QED) is 0.405. The molecule has 6 nitrogen and oxygen atoms in total. The lowest BCUT2D eigenvalue weighted by molar-refractivity contribution is -0.137. The van der Waals surface area contributed by atoms with Gasteiger partial charge in [0.25, 0.3) is 0 Å². The average Bonchev–Trinajstić information content (AvgIpc) is 3.06. The molecular formula is C23H33N3O3S. The molecule has 0 aliphatic heterocycles. The van der Waals surface area contributed by atoms with Gasteiger partial charge >= 0.3 is 5.97 Å². The number of hydrogen-bond donors (Lipinski definition) is 2. The van der Waals surface area contributed by atoms with E-state index in [1.165, 1.54) is 19.3 Å². The van der Waals surface area contributed by atoms with Crippen molar-refractivity contribution in [2.45, 2.75) is 71.8 Å². The maximum atomic E-state index is 12.4. The Morgan fingerprint density at radius 2 is 1.90 bits per heavy atom. The van der Waals surface area contributed by atoms with Crippen molar-refractivity contribution in [2.24, 2.45) is 0 Å². The SMILES string of the molecule is CCCCCCCC(=O)NC(=CCc1nc2ccccc2n1CC(=O)O)SCCC. The third-order valence-corrected chi connectivity index (χ3v) is 5.92. The monoisotopic (exact) mass is 431 g/mol. The van der Waals surface area contributed by atoms with Gasteiger partial charge in [-0.05, 0) is 36.8 Å². The molecule has 30 heavy (non-hydrogen) atoms. The second kappa shape index (κ2) is 13.1. The maximum Gasteiger partial charge on any atom is 0.323 e. The number of carboxylic acids is 1. The smallest absolute Gasteiger partial charge is 0.323 e. The molecule has 164 valence electrons. The van der Waals surface area contributed by atoms with Gasteiger partial charge in [0, 0.05) is 12.8 Å². The van der Waals surface area contributed by atoms with Crippen molar-refractivity contribution in [1.29, 1.82) is 0 Å². The molecule has 0 fully saturated rings. The number of para-hydroxylation sites is 2. The first-order chi connectivity index (χ1) is 14.5. The Bertz CT molecular complexity index is 860. The van der Waals surface area contributed by atoms with Crippen molar-refractivity contribution < 1.29 is 14.7 Å². The van der Waals surface area contributed by atoms with Crippen LogP contribution < -0.4 is 5.32 Å². The highest BCUT2D eigenvalue weighted by Crippen LogP contribution is 2.19. The van der Waals surface area contributed by atoms with Gasteiger partial charge in [-0.1, -0.05) is 51.7 Å². The summed E-state index contributed by atoms with van der Waals surface area (Å²) in [5.74, 6) is 0.733. The largest absolute Gasteiger partial charge is 0.480 e. The van der Waals surface area contributed by atoms with Crippen LogP contribution in [0.4, 0.5) is 0 Å². The normalized spacial score (nSPS) is 11.7. The highest BCUT2D eigenvalue weighted by molar-refractivity contribution is 8.03. The first-order valence-electron chi connectivity index (χ1n) is 10.8. The summed E-state index contributed by atoms with van der Waals surface area (Å²) in [7, 11) is 0. The van der Waals surface area contributed by atoms with Gasteiger partial charge in [-0.15, -0.1) is 11.8 Å². The van der Waals surface area contributed by atoms with Crippen molar-refractivity contribution in [2.75, 3.05) is 5.75 Å². The van der Waals surface area contributed by atoms with Crippen LogP contribution in [0.2, 0.25) is 0 Å². The molecule has 0 atom stereocenters. The Balaban J connectivity index is 2.08. The Morgan fingerprint density at radius 1 is 1.13 bits per heavy atom. The van der Waals surface area contributed by atoms with Crippen LogP contribution in [0.15, 0.2) is 35.4 Å². The Kier molecular flexibility index (Phi) is 10.5. The number of allylic oxidation sites excluding steroid dienone is 1. The minimum atomic E-state index is -0.902. The third-order valence-electron chi connectivity index (χ3n) is 4.73. The van der Waals surface area contributed by atoms with Crippen molar-refractivity contribution in [3.05, 3.63) is 41.2 Å². The predicted octanol–water partition coefficient (Wildman–Crippen LogP) is 5.12. The van der Waals surface area contributed by atoms with E-state index in [0.717, 1.165) is 41.1 Å². The number of unbranched alkanes of at least 4 members (excludes halogenated alkanes) is 4. The fourth-order valence-electron chi connectivity index (χ4n) is 3.22. The highest BCUT2D eigenvalue weighted by Gasteiger charge is 2.13. The predicted molar refractivity (Wildman–Crippen MR) is 123 cm³/mol. The fraction of sp³-hybridized carbons (Fsp3) is 0.522. The standard InChI is InChI=1S/C23H33N3O3S/c1-3-5-6-7-8-13-21(27)25-22(30-16-4-2)15-14-20-24-18-11-9-10-12-19(18)26(20)17-23(28)29/h9-12,15H,3-8,13-14,16-17H2,1-2H3,(H,25,27)(H,28,29). The van der Waals surface area contributed by atoms with Crippen LogP contribution in [0.3, 0.4) is 0 Å². The van der Waals surface area contributed by atoms with Crippen LogP contribution in [0.5, 0.6) is 0 Å². The first-order valence-corrected chi connectivity index (χ1v) is 11.8. The number of fused-ring (bicyclic) bond motifs is 1. The molecule has 1 heterocycles. The van der Waals surface area contributed by atoms with Crippen molar-refractivity contribution in [3.63, 3.8) is 0 Å². The van der Waals surface area contributed by atoms with Gasteiger partial charge in [0.15, 0.2) is 0 Å². The minimum Gasteiger partial charge on any atom is -0.480 e. The van der Waals surface area contributed by atoms with E-state index in [1.807, 2.05) is 30.3 Å². The van der Waals surface area contributed by atoms with E-state index in [2.05, 4.69) is 24.1 Å². The zero-order chi connectivity index (χ0) is 21.8. The molecule has 2 rings (SSSR count). The van der Waals surface area contributed by atoms with Crippen LogP contribution in [0.25, 0.3) is 11.0 Å². The van der Waals surface area contributed by atoms with Gasteiger partial charge in [0.1, 0.15) is 12.4 Å². The molecule has 7 heteroatoms. The lowest BCUT2D eigenvalue weighted by Gasteiger charge is -2.10. The number of nitrogens with one attached hydrogen (secondary N) is 1. The Hall–Kier alpha value is -2.28. The molecule has 0 unspecified atom stereocenters. The number of aromatic nitrogens is 2. The van der Waals surface area contributed by atoms with Gasteiger partial charge in [0.2, 0.25) is 5.91 Å². The van der Waals surface area contributed by atoms with Crippen LogP contribution in [0, 0.1) is 0 Å². The topological polar surface area (TPSA) is 84.2 Å². The van der Waals surface area contributed by atoms with Crippen LogP contribution in [-0.2, 0) is 22.6 Å². The molecule has 1 aromatic heterocycles. The molecule has 0 saturated heterocycles. The molecule has 0 spiro atoms. The highest BCUT2D eigenvalue weighted by atomic mass is 32.2. The molecular weight excluding hydrogens is 398 g/mol. The number of carbonyl (C=O) groups is 2. The van der Waals surface area contributed by atoms with Crippen LogP contribution in [0.1, 0.15) is 64.6 Å². The zero-order valence-electron chi connectivity index (χ0n) is 18.0. The average molecular weight is 432 g/mol. The number of carbonyl (C=O) groups excluding carboxylic acids is 1. The molecule has 0 bridgehead atoms. The summed E-state index contributed by atoms with van der Waals surface area (Å²) < 4.78 is 1.73. The van der Waals surface area contributed by atoms with Crippen molar-refractivity contribution in [3.8, 4) is 0 Å². The van der Waals surface area contributed by atoms with E-state index in [9.17, 15) is 14.7 Å². The minimum absolute atomic E-state index is 0.0420. The molecule has 2 N–H and O–H groups in total. The van der Waals surface area contributed by atoms with E-state index in [0.29, 0.717) is 18.7 Å². The van der Waals surface area contributed by atoms with Gasteiger partial charge in [-0.3, -0.25) is 9.59 Å². The summed E-state index contributed by atoms with van der Waals surface area (Å²) in [6.45, 7) is 4.15. The number of thioether (sulfide) groups is 1. The summed E-state index contributed by atoms with van der Waals surface area (Å²) in [4.78, 5) is 28.3. The number of hydrogen-bond acceptors (Lipinski definition) is 4. The summed E-state index contributed by atoms with van der Waals surface area (Å²) >= 11 is 1.62. The Labute approximate surface area is 183 Å². The molecule has 0 aliphatic carbocycles. The molecule has 1 amide bonds. The number of rotatable bonds is 14.